The molecule has 3 fully saturated rings. The Balaban J connectivity index is 1.44. The molecule has 2 N–H and O–H groups in total. The zero-order valence-electron chi connectivity index (χ0n) is 11.9. The van der Waals surface area contributed by atoms with Gasteiger partial charge >= 0.3 is 5.97 Å². The molecule has 6 atom stereocenters. The van der Waals surface area contributed by atoms with Crippen molar-refractivity contribution in [1.29, 1.82) is 0 Å². The second kappa shape index (κ2) is 5.30. The van der Waals surface area contributed by atoms with E-state index in [1.54, 1.807) is 12.1 Å². The largest absolute Gasteiger partial charge is 0.461 e. The lowest BCUT2D eigenvalue weighted by molar-refractivity contribution is -0.146. The molecule has 0 unspecified atom stereocenters. The Labute approximate surface area is 140 Å². The van der Waals surface area contributed by atoms with Gasteiger partial charge in [-0.05, 0) is 24.5 Å². The van der Waals surface area contributed by atoms with Gasteiger partial charge in [-0.25, -0.2) is 0 Å². The molecule has 8 heteroatoms. The summed E-state index contributed by atoms with van der Waals surface area (Å²) in [6.45, 7) is 0. The molecule has 0 spiro atoms. The lowest BCUT2D eigenvalue weighted by Gasteiger charge is -2.27. The minimum atomic E-state index is -0.464. The molecule has 23 heavy (non-hydrogen) atoms. The standard InChI is InChI=1S/C15H14BrN3O4/c16-11-7-5-8-10(15(22)23-12(8)11)9(7)14(21)19-18-13(20)6-1-3-17-4-2-6/h1-4,7-12H,5H2,(H,18,20)(H,19,21)/t7-,8-,9-,10-,11+,12+/m1/s1. The highest BCUT2D eigenvalue weighted by molar-refractivity contribution is 9.09. The van der Waals surface area contributed by atoms with E-state index in [0.717, 1.165) is 6.42 Å². The van der Waals surface area contributed by atoms with Crippen LogP contribution in [0.4, 0.5) is 0 Å². The van der Waals surface area contributed by atoms with Gasteiger partial charge in [0.2, 0.25) is 5.91 Å². The molecule has 2 saturated carbocycles. The lowest BCUT2D eigenvalue weighted by atomic mass is 9.79. The number of alkyl halides is 1. The van der Waals surface area contributed by atoms with Crippen molar-refractivity contribution in [3.8, 4) is 0 Å². The van der Waals surface area contributed by atoms with Gasteiger partial charge in [-0.3, -0.25) is 30.2 Å². The minimum absolute atomic E-state index is 0.00171. The fourth-order valence-corrected chi connectivity index (χ4v) is 5.15. The van der Waals surface area contributed by atoms with Crippen LogP contribution in [0.15, 0.2) is 24.5 Å². The van der Waals surface area contributed by atoms with Gasteiger partial charge in [0.05, 0.1) is 16.7 Å². The summed E-state index contributed by atoms with van der Waals surface area (Å²) in [5, 5.41) is 0. The quantitative estimate of drug-likeness (QED) is 0.440. The molecule has 0 aromatic carbocycles. The third kappa shape index (κ3) is 2.15. The van der Waals surface area contributed by atoms with Crippen LogP contribution in [0.1, 0.15) is 16.8 Å². The summed E-state index contributed by atoms with van der Waals surface area (Å²) in [7, 11) is 0. The first kappa shape index (κ1) is 14.6. The first-order chi connectivity index (χ1) is 11.1. The summed E-state index contributed by atoms with van der Waals surface area (Å²) in [4.78, 5) is 40.3. The minimum Gasteiger partial charge on any atom is -0.461 e. The number of nitrogens with one attached hydrogen (secondary N) is 2. The number of pyridine rings is 1. The number of hydrogen-bond donors (Lipinski definition) is 2. The van der Waals surface area contributed by atoms with Gasteiger partial charge in [0.15, 0.2) is 0 Å². The van der Waals surface area contributed by atoms with Crippen LogP contribution in [0.5, 0.6) is 0 Å². The number of amides is 2. The van der Waals surface area contributed by atoms with Crippen LogP contribution in [0, 0.1) is 23.7 Å². The van der Waals surface area contributed by atoms with E-state index < -0.39 is 17.7 Å². The van der Waals surface area contributed by atoms with Crippen LogP contribution < -0.4 is 10.9 Å². The highest BCUT2D eigenvalue weighted by Crippen LogP contribution is 2.59. The fourth-order valence-electron chi connectivity index (χ4n) is 4.11. The Kier molecular flexibility index (Phi) is 3.37. The number of rotatable bonds is 2. The Hall–Kier alpha value is -1.96. The molecule has 4 rings (SSSR count). The third-order valence-corrected chi connectivity index (χ3v) is 6.27. The molecule has 2 aliphatic carbocycles. The molecule has 2 bridgehead atoms. The molecule has 3 aliphatic rings. The van der Waals surface area contributed by atoms with Crippen molar-refractivity contribution in [2.75, 3.05) is 0 Å². The molecule has 0 radical (unpaired) electrons. The summed E-state index contributed by atoms with van der Waals surface area (Å²) in [5.74, 6) is -1.77. The predicted octanol–water partition coefficient (Wildman–Crippen LogP) is 0.414. The second-order valence-electron chi connectivity index (χ2n) is 6.14. The molecular formula is C15H14BrN3O4. The summed E-state index contributed by atoms with van der Waals surface area (Å²) in [6, 6.07) is 3.10. The summed E-state index contributed by atoms with van der Waals surface area (Å²) < 4.78 is 5.37. The second-order valence-corrected chi connectivity index (χ2v) is 7.20. The van der Waals surface area contributed by atoms with Gasteiger partial charge in [-0.15, -0.1) is 0 Å². The zero-order chi connectivity index (χ0) is 16.1. The number of halogens is 1. The van der Waals surface area contributed by atoms with E-state index in [2.05, 4.69) is 31.8 Å². The van der Waals surface area contributed by atoms with Crippen molar-refractivity contribution in [3.05, 3.63) is 30.1 Å². The van der Waals surface area contributed by atoms with Gasteiger partial charge in [-0.1, -0.05) is 15.9 Å². The third-order valence-electron chi connectivity index (χ3n) is 5.07. The summed E-state index contributed by atoms with van der Waals surface area (Å²) in [5.41, 5.74) is 5.23. The van der Waals surface area contributed by atoms with Crippen LogP contribution in [-0.2, 0) is 14.3 Å². The zero-order valence-corrected chi connectivity index (χ0v) is 13.5. The molecule has 120 valence electrons. The molecule has 1 saturated heterocycles. The van der Waals surface area contributed by atoms with Crippen molar-refractivity contribution in [2.24, 2.45) is 23.7 Å². The Morgan fingerprint density at radius 2 is 1.96 bits per heavy atom. The maximum atomic E-state index is 12.5. The van der Waals surface area contributed by atoms with Gasteiger partial charge in [0, 0.05) is 23.9 Å². The van der Waals surface area contributed by atoms with Crippen LogP contribution >= 0.6 is 15.9 Å². The maximum absolute atomic E-state index is 12.5. The van der Waals surface area contributed by atoms with Crippen molar-refractivity contribution in [1.82, 2.24) is 15.8 Å². The molecule has 2 heterocycles. The molecular weight excluding hydrogens is 366 g/mol. The highest BCUT2D eigenvalue weighted by Gasteiger charge is 2.67. The maximum Gasteiger partial charge on any atom is 0.310 e. The number of ether oxygens (including phenoxy) is 1. The molecule has 1 aromatic rings. The van der Waals surface area contributed by atoms with E-state index in [4.69, 9.17) is 4.74 Å². The Bertz CT molecular complexity index is 683. The Morgan fingerprint density at radius 3 is 2.70 bits per heavy atom. The number of hydrogen-bond acceptors (Lipinski definition) is 5. The Morgan fingerprint density at radius 1 is 1.22 bits per heavy atom. The first-order valence-electron chi connectivity index (χ1n) is 7.42. The molecule has 2 amide bonds. The molecule has 1 aromatic heterocycles. The van der Waals surface area contributed by atoms with Gasteiger partial charge in [0.25, 0.3) is 5.91 Å². The van der Waals surface area contributed by atoms with Crippen molar-refractivity contribution >= 4 is 33.7 Å². The van der Waals surface area contributed by atoms with Crippen molar-refractivity contribution < 1.29 is 19.1 Å². The summed E-state index contributed by atoms with van der Waals surface area (Å²) >= 11 is 3.55. The van der Waals surface area contributed by atoms with Crippen LogP contribution in [0.25, 0.3) is 0 Å². The SMILES string of the molecule is O=C(NNC(=O)[C@@H]1[C@H]2C[C@H]3[C@H](OC(=O)[C@H]31)[C@H]2Br)c1ccncc1. The van der Waals surface area contributed by atoms with E-state index in [1.165, 1.54) is 12.4 Å². The van der Waals surface area contributed by atoms with E-state index in [-0.39, 0.29) is 34.6 Å². The predicted molar refractivity (Wildman–Crippen MR) is 81.0 cm³/mol. The van der Waals surface area contributed by atoms with Crippen molar-refractivity contribution in [3.63, 3.8) is 0 Å². The van der Waals surface area contributed by atoms with Crippen molar-refractivity contribution in [2.45, 2.75) is 17.4 Å². The van der Waals surface area contributed by atoms with Crippen LogP contribution in [-0.4, -0.2) is 33.7 Å². The van der Waals surface area contributed by atoms with E-state index >= 15 is 0 Å². The van der Waals surface area contributed by atoms with E-state index in [9.17, 15) is 14.4 Å². The van der Waals surface area contributed by atoms with Gasteiger partial charge < -0.3 is 4.74 Å². The highest BCUT2D eigenvalue weighted by atomic mass is 79.9. The number of nitrogens with zero attached hydrogens (tertiary/aromatic N) is 1. The first-order valence-corrected chi connectivity index (χ1v) is 8.34. The average molecular weight is 380 g/mol. The number of aromatic nitrogens is 1. The van der Waals surface area contributed by atoms with E-state index in [0.29, 0.717) is 5.56 Å². The average Bonchev–Trinajstić information content (AvgIpc) is 3.17. The molecule has 1 aliphatic heterocycles. The number of hydrazine groups is 1. The normalized spacial score (nSPS) is 36.7. The lowest BCUT2D eigenvalue weighted by Crippen LogP contribution is -2.49. The van der Waals surface area contributed by atoms with Gasteiger partial charge in [0.1, 0.15) is 6.10 Å². The monoisotopic (exact) mass is 379 g/mol. The number of fused-ring (bicyclic) bond motifs is 1. The van der Waals surface area contributed by atoms with Gasteiger partial charge in [-0.2, -0.15) is 0 Å². The smallest absolute Gasteiger partial charge is 0.310 e. The number of carbonyl (C=O) groups is 3. The van der Waals surface area contributed by atoms with E-state index in [1.807, 2.05) is 0 Å². The number of carbonyl (C=O) groups excluding carboxylic acids is 3. The topological polar surface area (TPSA) is 97.4 Å². The van der Waals surface area contributed by atoms with Crippen LogP contribution in [0.2, 0.25) is 0 Å². The molecule has 7 nitrogen and oxygen atoms in total. The van der Waals surface area contributed by atoms with Crippen LogP contribution in [0.3, 0.4) is 0 Å². The fraction of sp³-hybridized carbons (Fsp3) is 0.467. The number of esters is 1. The summed E-state index contributed by atoms with van der Waals surface area (Å²) in [6.07, 6.45) is 3.67.